The maximum atomic E-state index is 13.2. The maximum absolute atomic E-state index is 13.2. The van der Waals surface area contributed by atoms with Gasteiger partial charge in [0.15, 0.2) is 0 Å². The number of unbranched alkanes of at least 4 members (excludes halogenated alkanes) is 16. The lowest BCUT2D eigenvalue weighted by Crippen LogP contribution is -2.37. The zero-order valence-corrected chi connectivity index (χ0v) is 38.5. The van der Waals surface area contributed by atoms with Crippen LogP contribution in [0.15, 0.2) is 29.8 Å². The van der Waals surface area contributed by atoms with Crippen molar-refractivity contribution in [1.82, 2.24) is 4.90 Å². The Balaban J connectivity index is 2.25. The van der Waals surface area contributed by atoms with E-state index in [1.165, 1.54) is 51.4 Å². The molecule has 0 amide bonds. The largest absolute Gasteiger partial charge is 0.466 e. The number of rotatable bonds is 40. The van der Waals surface area contributed by atoms with E-state index in [4.69, 9.17) is 18.9 Å². The van der Waals surface area contributed by atoms with Crippen molar-refractivity contribution in [3.63, 3.8) is 0 Å². The van der Waals surface area contributed by atoms with Crippen molar-refractivity contribution in [2.75, 3.05) is 52.7 Å². The van der Waals surface area contributed by atoms with Crippen molar-refractivity contribution in [3.8, 4) is 0 Å². The second-order valence-corrected chi connectivity index (χ2v) is 17.2. The first-order valence-electron chi connectivity index (χ1n) is 24.5. The van der Waals surface area contributed by atoms with Crippen LogP contribution in [0.5, 0.6) is 0 Å². The summed E-state index contributed by atoms with van der Waals surface area (Å²) in [5.74, 6) is 0.796. The molecule has 0 radical (unpaired) electrons. The van der Waals surface area contributed by atoms with E-state index in [2.05, 4.69) is 49.4 Å². The minimum atomic E-state index is -0.0931. The van der Waals surface area contributed by atoms with Crippen LogP contribution in [-0.2, 0) is 33.3 Å². The van der Waals surface area contributed by atoms with Crippen LogP contribution in [0.1, 0.15) is 207 Å². The van der Waals surface area contributed by atoms with E-state index in [1.807, 2.05) is 6.08 Å². The summed E-state index contributed by atoms with van der Waals surface area (Å²) in [6.07, 6.45) is 32.3. The number of allylic oxidation sites excluding steroid dienone is 1. The highest BCUT2D eigenvalue weighted by Crippen LogP contribution is 2.22. The van der Waals surface area contributed by atoms with Gasteiger partial charge in [-0.1, -0.05) is 154 Å². The smallest absolute Gasteiger partial charge is 0.308 e. The van der Waals surface area contributed by atoms with Gasteiger partial charge < -0.3 is 18.9 Å². The number of hydrogen-bond donors (Lipinski definition) is 0. The zero-order valence-electron chi connectivity index (χ0n) is 38.5. The molecule has 1 aliphatic heterocycles. The van der Waals surface area contributed by atoms with Gasteiger partial charge in [-0.2, -0.15) is 0 Å². The molecule has 3 atom stereocenters. The first kappa shape index (κ1) is 54.4. The molecule has 1 saturated heterocycles. The molecule has 3 unspecified atom stereocenters. The molecular formula is C51H89NO7. The van der Waals surface area contributed by atoms with E-state index < -0.39 is 0 Å². The molecule has 1 heterocycles. The normalized spacial score (nSPS) is 14.4. The van der Waals surface area contributed by atoms with Crippen molar-refractivity contribution in [2.45, 2.75) is 207 Å². The minimum absolute atomic E-state index is 0.0122. The fourth-order valence-corrected chi connectivity index (χ4v) is 7.78. The van der Waals surface area contributed by atoms with Gasteiger partial charge in [-0.05, 0) is 81.6 Å². The number of carbonyl (C=O) groups excluding carboxylic acids is 3. The van der Waals surface area contributed by atoms with Crippen LogP contribution in [0, 0.1) is 17.8 Å². The lowest BCUT2D eigenvalue weighted by Gasteiger charge is -2.26. The Hall–Kier alpha value is -2.59. The predicted octanol–water partition coefficient (Wildman–Crippen LogP) is 12.8. The predicted molar refractivity (Wildman–Crippen MR) is 242 cm³/mol. The second kappa shape index (κ2) is 40.8. The highest BCUT2D eigenvalue weighted by atomic mass is 16.5. The van der Waals surface area contributed by atoms with E-state index in [-0.39, 0.29) is 23.8 Å². The van der Waals surface area contributed by atoms with E-state index in [0.29, 0.717) is 44.5 Å². The van der Waals surface area contributed by atoms with E-state index in [9.17, 15) is 14.4 Å². The van der Waals surface area contributed by atoms with Crippen LogP contribution >= 0.6 is 0 Å². The molecule has 0 aromatic heterocycles. The average molecular weight is 828 g/mol. The van der Waals surface area contributed by atoms with Crippen molar-refractivity contribution in [3.05, 3.63) is 29.8 Å². The minimum Gasteiger partial charge on any atom is -0.466 e. The monoisotopic (exact) mass is 828 g/mol. The van der Waals surface area contributed by atoms with Gasteiger partial charge >= 0.3 is 17.9 Å². The molecule has 1 fully saturated rings. The third-order valence-corrected chi connectivity index (χ3v) is 11.8. The molecule has 8 nitrogen and oxygen atoms in total. The highest BCUT2D eigenvalue weighted by Gasteiger charge is 2.20. The molecule has 0 spiro atoms. The van der Waals surface area contributed by atoms with Gasteiger partial charge in [0.1, 0.15) is 0 Å². The Labute approximate surface area is 362 Å². The van der Waals surface area contributed by atoms with Crippen LogP contribution in [-0.4, -0.2) is 75.5 Å². The molecule has 0 saturated carbocycles. The van der Waals surface area contributed by atoms with Crippen LogP contribution in [0.25, 0.3) is 0 Å². The molecule has 340 valence electrons. The molecule has 59 heavy (non-hydrogen) atoms. The van der Waals surface area contributed by atoms with Crippen LogP contribution in [0.4, 0.5) is 0 Å². The van der Waals surface area contributed by atoms with Crippen LogP contribution in [0.2, 0.25) is 0 Å². The fraction of sp³-hybridized carbons (Fsp3) is 0.843. The molecule has 0 bridgehead atoms. The summed E-state index contributed by atoms with van der Waals surface area (Å²) in [4.78, 5) is 40.0. The van der Waals surface area contributed by atoms with Crippen molar-refractivity contribution >= 4 is 17.9 Å². The number of ether oxygens (including phenoxy) is 4. The third kappa shape index (κ3) is 34.8. The average Bonchev–Trinajstić information content (AvgIpc) is 3.23. The molecule has 0 aromatic rings. The summed E-state index contributed by atoms with van der Waals surface area (Å²) in [5.41, 5.74) is 8.38. The Morgan fingerprint density at radius 2 is 1.12 bits per heavy atom. The van der Waals surface area contributed by atoms with Gasteiger partial charge in [-0.25, -0.2) is 0 Å². The van der Waals surface area contributed by atoms with E-state index in [0.717, 1.165) is 155 Å². The Bertz CT molecular complexity index is 1150. The highest BCUT2D eigenvalue weighted by molar-refractivity contribution is 5.72. The molecule has 0 N–H and O–H groups in total. The summed E-state index contributed by atoms with van der Waals surface area (Å²) in [6, 6.07) is 0. The quantitative estimate of drug-likeness (QED) is 0.0261. The van der Waals surface area contributed by atoms with Crippen molar-refractivity contribution in [1.29, 1.82) is 0 Å². The first-order valence-corrected chi connectivity index (χ1v) is 24.5. The van der Waals surface area contributed by atoms with Crippen molar-refractivity contribution < 1.29 is 33.3 Å². The number of hydrogen-bond acceptors (Lipinski definition) is 8. The summed E-state index contributed by atoms with van der Waals surface area (Å²) in [5, 5.41) is 0. The summed E-state index contributed by atoms with van der Waals surface area (Å²) < 4.78 is 22.3. The molecule has 1 aliphatic rings. The van der Waals surface area contributed by atoms with Crippen LogP contribution in [0.3, 0.4) is 0 Å². The van der Waals surface area contributed by atoms with Gasteiger partial charge in [0.25, 0.3) is 0 Å². The SMILES string of the molecule is C=C=C=C=CC(CCCCC)CCOC(=O)CCCCCCCCCC(CCCCCCCCCC(=O)OCCC(C)CCCCC)C(=O)OCCCN1CCOCC1. The standard InChI is InChI=1S/C51H89NO7/c1-5-8-21-29-46(4)36-42-57-49(53)34-26-19-15-11-13-17-24-32-48(51(55)59-41-28-38-52-39-44-56-45-40-52)33-25-18-14-12-16-20-27-35-50(54)58-43-37-47(30-22-9-6-2)31-23-10-7-3/h30,46-48H,2,5,7-8,10-21,23-29,31-45H2,1,3-4H3. The topological polar surface area (TPSA) is 91.4 Å². The molecular weight excluding hydrogens is 739 g/mol. The van der Waals surface area contributed by atoms with Gasteiger partial charge in [0, 0.05) is 32.5 Å². The van der Waals surface area contributed by atoms with E-state index in [1.54, 1.807) is 0 Å². The summed E-state index contributed by atoms with van der Waals surface area (Å²) >= 11 is 0. The summed E-state index contributed by atoms with van der Waals surface area (Å²) in [6.45, 7) is 16.2. The molecule has 1 rings (SSSR count). The van der Waals surface area contributed by atoms with Crippen molar-refractivity contribution in [2.24, 2.45) is 17.8 Å². The first-order chi connectivity index (χ1) is 28.9. The fourth-order valence-electron chi connectivity index (χ4n) is 7.78. The molecule has 8 heteroatoms. The Kier molecular flexibility index (Phi) is 37.6. The number of esters is 3. The van der Waals surface area contributed by atoms with E-state index >= 15 is 0 Å². The zero-order chi connectivity index (χ0) is 42.9. The number of morpholine rings is 1. The second-order valence-electron chi connectivity index (χ2n) is 17.2. The Morgan fingerprint density at radius 1 is 0.610 bits per heavy atom. The lowest BCUT2D eigenvalue weighted by molar-refractivity contribution is -0.149. The number of nitrogens with zero attached hydrogens (tertiary/aromatic N) is 1. The lowest BCUT2D eigenvalue weighted by atomic mass is 9.94. The molecule has 0 aliphatic carbocycles. The van der Waals surface area contributed by atoms with Gasteiger partial charge in [-0.3, -0.25) is 19.3 Å². The summed E-state index contributed by atoms with van der Waals surface area (Å²) in [7, 11) is 0. The molecule has 0 aromatic carbocycles. The third-order valence-electron chi connectivity index (χ3n) is 11.8. The van der Waals surface area contributed by atoms with Gasteiger partial charge in [0.2, 0.25) is 0 Å². The Morgan fingerprint density at radius 3 is 1.68 bits per heavy atom. The number of carbonyl (C=O) groups is 3. The van der Waals surface area contributed by atoms with Gasteiger partial charge in [0.05, 0.1) is 39.0 Å². The maximum Gasteiger partial charge on any atom is 0.308 e. The van der Waals surface area contributed by atoms with Gasteiger partial charge in [-0.15, -0.1) is 0 Å². The van der Waals surface area contributed by atoms with Crippen LogP contribution < -0.4 is 0 Å².